The first kappa shape index (κ1) is 23.0. The SMILES string of the molecule is COc1ccc(Cl)c(/C(O)=C2\C(=O)C(=O)N(c3nc4ccc(C(=O)O)cc4s3)C2c2cccs2)c1. The van der Waals surface area contributed by atoms with E-state index in [2.05, 4.69) is 4.98 Å². The van der Waals surface area contributed by atoms with Crippen LogP contribution in [-0.4, -0.2) is 40.0 Å². The molecule has 1 aliphatic heterocycles. The molecule has 1 saturated heterocycles. The monoisotopic (exact) mass is 526 g/mol. The van der Waals surface area contributed by atoms with Crippen molar-refractivity contribution in [3.05, 3.63) is 80.5 Å². The molecule has 2 aromatic heterocycles. The summed E-state index contributed by atoms with van der Waals surface area (Å²) in [6, 6.07) is 11.6. The summed E-state index contributed by atoms with van der Waals surface area (Å²) < 4.78 is 5.76. The van der Waals surface area contributed by atoms with E-state index >= 15 is 0 Å². The highest BCUT2D eigenvalue weighted by molar-refractivity contribution is 7.22. The van der Waals surface area contributed by atoms with E-state index in [1.165, 1.54) is 47.6 Å². The van der Waals surface area contributed by atoms with E-state index in [0.717, 1.165) is 11.3 Å². The van der Waals surface area contributed by atoms with Crippen molar-refractivity contribution < 1.29 is 29.3 Å². The third kappa shape index (κ3) is 3.85. The Morgan fingerprint density at radius 1 is 1.14 bits per heavy atom. The van der Waals surface area contributed by atoms with Crippen LogP contribution in [0, 0.1) is 0 Å². The number of ether oxygens (including phenoxy) is 1. The number of ketones is 1. The van der Waals surface area contributed by atoms with Crippen LogP contribution in [0.2, 0.25) is 5.02 Å². The molecule has 2 aromatic carbocycles. The van der Waals surface area contributed by atoms with Crippen molar-refractivity contribution in [2.45, 2.75) is 6.04 Å². The molecule has 1 amide bonds. The summed E-state index contributed by atoms with van der Waals surface area (Å²) in [6.45, 7) is 0. The fourth-order valence-electron chi connectivity index (χ4n) is 3.85. The minimum atomic E-state index is -1.09. The number of anilines is 1. The van der Waals surface area contributed by atoms with Crippen molar-refractivity contribution in [1.82, 2.24) is 4.98 Å². The van der Waals surface area contributed by atoms with Crippen LogP contribution in [0.15, 0.2) is 59.5 Å². The third-order valence-electron chi connectivity index (χ3n) is 5.52. The second kappa shape index (κ2) is 8.81. The Hall–Kier alpha value is -3.73. The van der Waals surface area contributed by atoms with Crippen LogP contribution >= 0.6 is 34.3 Å². The molecule has 11 heteroatoms. The molecule has 1 fully saturated rings. The number of thiophene rings is 1. The Bertz CT molecular complexity index is 1540. The van der Waals surface area contributed by atoms with E-state index in [0.29, 0.717) is 20.8 Å². The van der Waals surface area contributed by atoms with E-state index in [9.17, 15) is 24.6 Å². The highest BCUT2D eigenvalue weighted by atomic mass is 35.5. The number of hydrogen-bond donors (Lipinski definition) is 2. The number of halogens is 1. The number of hydrogen-bond acceptors (Lipinski definition) is 8. The number of rotatable bonds is 5. The van der Waals surface area contributed by atoms with Crippen molar-refractivity contribution in [2.24, 2.45) is 0 Å². The lowest BCUT2D eigenvalue weighted by molar-refractivity contribution is -0.132. The van der Waals surface area contributed by atoms with Crippen LogP contribution in [0.4, 0.5) is 5.13 Å². The summed E-state index contributed by atoms with van der Waals surface area (Å²) in [5.41, 5.74) is 0.592. The molecule has 0 spiro atoms. The molecule has 0 bridgehead atoms. The average Bonchev–Trinajstić information content (AvgIpc) is 3.57. The molecule has 1 unspecified atom stereocenters. The molecule has 0 radical (unpaired) electrons. The summed E-state index contributed by atoms with van der Waals surface area (Å²) in [5.74, 6) is -2.84. The van der Waals surface area contributed by atoms with Gasteiger partial charge in [0.1, 0.15) is 17.6 Å². The molecule has 0 saturated carbocycles. The zero-order chi connectivity index (χ0) is 24.9. The van der Waals surface area contributed by atoms with Crippen LogP contribution in [0.3, 0.4) is 0 Å². The van der Waals surface area contributed by atoms with Gasteiger partial charge in [0, 0.05) is 10.4 Å². The molecule has 8 nitrogen and oxygen atoms in total. The van der Waals surface area contributed by atoms with Gasteiger partial charge in [-0.2, -0.15) is 0 Å². The molecule has 3 heterocycles. The van der Waals surface area contributed by atoms with Crippen LogP contribution in [0.1, 0.15) is 26.8 Å². The predicted octanol–water partition coefficient (Wildman–Crippen LogP) is 5.34. The number of amides is 1. The van der Waals surface area contributed by atoms with Crippen molar-refractivity contribution in [3.63, 3.8) is 0 Å². The minimum Gasteiger partial charge on any atom is -0.507 e. The number of aliphatic hydroxyl groups is 1. The second-order valence-electron chi connectivity index (χ2n) is 7.51. The summed E-state index contributed by atoms with van der Waals surface area (Å²) in [5, 5.41) is 22.7. The third-order valence-corrected chi connectivity index (χ3v) is 7.79. The van der Waals surface area contributed by atoms with Gasteiger partial charge in [0.15, 0.2) is 5.13 Å². The first-order valence-electron chi connectivity index (χ1n) is 10.1. The molecule has 0 aliphatic carbocycles. The Morgan fingerprint density at radius 2 is 1.94 bits per heavy atom. The van der Waals surface area contributed by atoms with Crippen molar-refractivity contribution in [3.8, 4) is 5.75 Å². The van der Waals surface area contributed by atoms with Gasteiger partial charge < -0.3 is 14.9 Å². The minimum absolute atomic E-state index is 0.0808. The number of aliphatic hydroxyl groups excluding tert-OH is 1. The second-order valence-corrected chi connectivity index (χ2v) is 9.91. The molecule has 176 valence electrons. The lowest BCUT2D eigenvalue weighted by Crippen LogP contribution is -2.28. The number of carboxylic acid groups (broad SMARTS) is 1. The molecule has 35 heavy (non-hydrogen) atoms. The summed E-state index contributed by atoms with van der Waals surface area (Å²) >= 11 is 8.71. The number of carbonyl (C=O) groups excluding carboxylic acids is 2. The summed E-state index contributed by atoms with van der Waals surface area (Å²) in [6.07, 6.45) is 0. The zero-order valence-electron chi connectivity index (χ0n) is 17.9. The van der Waals surface area contributed by atoms with Crippen molar-refractivity contribution in [1.29, 1.82) is 0 Å². The normalized spacial score (nSPS) is 17.3. The van der Waals surface area contributed by atoms with Gasteiger partial charge in [-0.05, 0) is 47.8 Å². The molecule has 5 rings (SSSR count). The molecule has 1 atom stereocenters. The number of benzene rings is 2. The quantitative estimate of drug-likeness (QED) is 0.205. The topological polar surface area (TPSA) is 117 Å². The Kier molecular flexibility index (Phi) is 5.79. The van der Waals surface area contributed by atoms with Crippen LogP contribution in [-0.2, 0) is 9.59 Å². The van der Waals surface area contributed by atoms with Crippen LogP contribution < -0.4 is 9.64 Å². The molecular formula is C24H15ClN2O6S2. The largest absolute Gasteiger partial charge is 0.507 e. The maximum absolute atomic E-state index is 13.3. The number of aromatic nitrogens is 1. The van der Waals surface area contributed by atoms with Crippen molar-refractivity contribution >= 4 is 73.0 Å². The van der Waals surface area contributed by atoms with Crippen molar-refractivity contribution in [2.75, 3.05) is 12.0 Å². The Labute approximate surface area is 211 Å². The van der Waals surface area contributed by atoms with Gasteiger partial charge >= 0.3 is 11.9 Å². The maximum Gasteiger partial charge on any atom is 0.335 e. The van der Waals surface area contributed by atoms with Gasteiger partial charge in [-0.1, -0.05) is 29.0 Å². The van der Waals surface area contributed by atoms with Gasteiger partial charge in [0.2, 0.25) is 0 Å². The number of carbonyl (C=O) groups is 3. The lowest BCUT2D eigenvalue weighted by atomic mass is 9.99. The van der Waals surface area contributed by atoms with Gasteiger partial charge in [-0.15, -0.1) is 11.3 Å². The number of methoxy groups -OCH3 is 1. The van der Waals surface area contributed by atoms with Gasteiger partial charge in [-0.3, -0.25) is 14.5 Å². The van der Waals surface area contributed by atoms with Gasteiger partial charge in [0.05, 0.1) is 33.5 Å². The summed E-state index contributed by atoms with van der Waals surface area (Å²) in [7, 11) is 1.46. The number of nitrogens with zero attached hydrogens (tertiary/aromatic N) is 2. The lowest BCUT2D eigenvalue weighted by Gasteiger charge is -2.21. The number of carboxylic acids is 1. The van der Waals surface area contributed by atoms with E-state index in [4.69, 9.17) is 16.3 Å². The van der Waals surface area contributed by atoms with Crippen LogP contribution in [0.5, 0.6) is 5.75 Å². The van der Waals surface area contributed by atoms with Gasteiger partial charge in [-0.25, -0.2) is 9.78 Å². The molecule has 2 N–H and O–H groups in total. The van der Waals surface area contributed by atoms with Crippen LogP contribution in [0.25, 0.3) is 16.0 Å². The number of aromatic carboxylic acids is 1. The number of Topliss-reactive ketones (excluding diaryl/α,β-unsaturated/α-hetero) is 1. The zero-order valence-corrected chi connectivity index (χ0v) is 20.3. The molecule has 1 aliphatic rings. The Balaban J connectivity index is 1.71. The van der Waals surface area contributed by atoms with E-state index < -0.39 is 29.5 Å². The number of fused-ring (bicyclic) bond motifs is 1. The first-order chi connectivity index (χ1) is 16.8. The summed E-state index contributed by atoms with van der Waals surface area (Å²) in [4.78, 5) is 44.2. The smallest absolute Gasteiger partial charge is 0.335 e. The highest BCUT2D eigenvalue weighted by Gasteiger charge is 2.48. The average molecular weight is 527 g/mol. The molecular weight excluding hydrogens is 512 g/mol. The van der Waals surface area contributed by atoms with E-state index in [-0.39, 0.29) is 26.9 Å². The molecule has 4 aromatic rings. The van der Waals surface area contributed by atoms with Gasteiger partial charge in [0.25, 0.3) is 5.78 Å². The fourth-order valence-corrected chi connectivity index (χ4v) is 5.91. The maximum atomic E-state index is 13.3. The Morgan fingerprint density at radius 3 is 2.63 bits per heavy atom. The van der Waals surface area contributed by atoms with E-state index in [1.807, 2.05) is 0 Å². The fraction of sp³-hybridized carbons (Fsp3) is 0.0833. The number of thiazole rings is 1. The first-order valence-corrected chi connectivity index (χ1v) is 12.2. The highest BCUT2D eigenvalue weighted by Crippen LogP contribution is 2.46. The van der Waals surface area contributed by atoms with E-state index in [1.54, 1.807) is 29.6 Å². The predicted molar refractivity (Wildman–Crippen MR) is 134 cm³/mol. The standard InChI is InChI=1S/C24H15ClN2O6S2/c1-33-12-5-6-14(25)13(10-12)20(28)18-19(16-3-2-8-34-16)27(22(30)21(18)29)24-26-15-7-4-11(23(31)32)9-17(15)35-24/h2-10,19,28H,1H3,(H,31,32)/b20-18+.